The van der Waals surface area contributed by atoms with Crippen LogP contribution in [0.25, 0.3) is 0 Å². The zero-order chi connectivity index (χ0) is 23.4. The van der Waals surface area contributed by atoms with Gasteiger partial charge in [-0.05, 0) is 99.3 Å². The second kappa shape index (κ2) is 11.3. The minimum absolute atomic E-state index is 0. The van der Waals surface area contributed by atoms with Crippen LogP contribution in [-0.4, -0.2) is 6.10 Å². The number of hydrogen-bond donors (Lipinski definition) is 0. The van der Waals surface area contributed by atoms with E-state index in [0.717, 1.165) is 11.9 Å². The monoisotopic (exact) mass is 532 g/mol. The first-order valence-electron chi connectivity index (χ1n) is 11.7. The maximum atomic E-state index is 6.15. The van der Waals surface area contributed by atoms with E-state index < -0.39 is 7.26 Å². The lowest BCUT2D eigenvalue weighted by molar-refractivity contribution is -0.00000797. The van der Waals surface area contributed by atoms with Gasteiger partial charge in [-0.3, -0.25) is 0 Å². The molecule has 0 amide bonds. The molecule has 0 bridgehead atoms. The molecule has 34 heavy (non-hydrogen) atoms. The van der Waals surface area contributed by atoms with Crippen molar-refractivity contribution >= 4 is 23.2 Å². The van der Waals surface area contributed by atoms with E-state index in [-0.39, 0.29) is 23.1 Å². The first-order valence-corrected chi connectivity index (χ1v) is 13.7. The minimum Gasteiger partial charge on any atom is -1.00 e. The smallest absolute Gasteiger partial charge is 0.123 e. The van der Waals surface area contributed by atoms with Gasteiger partial charge in [-0.15, -0.1) is 0 Å². The molecule has 0 heterocycles. The average Bonchev–Trinajstić information content (AvgIpc) is 2.84. The Bertz CT molecular complexity index is 1110. The normalized spacial score (nSPS) is 11.2. The van der Waals surface area contributed by atoms with E-state index in [1.807, 2.05) is 0 Å². The molecular formula is C31H34BrOP. The SMILES string of the molecule is Cc1cc(OC(C)C)c(C)c(C)c1C[P+](c1ccccc1)(c1ccccc1)c1ccccc1.[Br-]. The lowest BCUT2D eigenvalue weighted by Gasteiger charge is -2.29. The van der Waals surface area contributed by atoms with Gasteiger partial charge < -0.3 is 21.7 Å². The van der Waals surface area contributed by atoms with Crippen LogP contribution in [0, 0.1) is 20.8 Å². The molecule has 4 aromatic rings. The summed E-state index contributed by atoms with van der Waals surface area (Å²) in [6, 6.07) is 35.6. The van der Waals surface area contributed by atoms with Gasteiger partial charge in [-0.25, -0.2) is 0 Å². The number of rotatable bonds is 7. The van der Waals surface area contributed by atoms with Gasteiger partial charge in [0.2, 0.25) is 0 Å². The first-order chi connectivity index (χ1) is 15.9. The topological polar surface area (TPSA) is 9.23 Å². The Balaban J connectivity index is 0.00000324. The first kappa shape index (κ1) is 26.2. The van der Waals surface area contributed by atoms with E-state index in [1.54, 1.807) is 0 Å². The average molecular weight is 533 g/mol. The van der Waals surface area contributed by atoms with Crippen LogP contribution in [0.5, 0.6) is 5.75 Å². The molecule has 0 spiro atoms. The summed E-state index contributed by atoms with van der Waals surface area (Å²) in [5, 5.41) is 4.25. The van der Waals surface area contributed by atoms with Gasteiger partial charge in [0.1, 0.15) is 28.9 Å². The molecule has 0 saturated heterocycles. The maximum absolute atomic E-state index is 6.15. The lowest BCUT2D eigenvalue weighted by atomic mass is 9.98. The van der Waals surface area contributed by atoms with Crippen molar-refractivity contribution in [3.8, 4) is 5.75 Å². The summed E-state index contributed by atoms with van der Waals surface area (Å²) in [4.78, 5) is 0. The number of halogens is 1. The molecule has 0 aliphatic carbocycles. The third-order valence-corrected chi connectivity index (χ3v) is 10.9. The van der Waals surface area contributed by atoms with Gasteiger partial charge in [0, 0.05) is 0 Å². The number of hydrogen-bond acceptors (Lipinski definition) is 1. The van der Waals surface area contributed by atoms with Crippen LogP contribution < -0.4 is 37.6 Å². The Morgan fingerprint density at radius 2 is 1.06 bits per heavy atom. The van der Waals surface area contributed by atoms with E-state index in [0.29, 0.717) is 0 Å². The molecule has 0 aliphatic rings. The summed E-state index contributed by atoms with van der Waals surface area (Å²) in [7, 11) is -1.93. The summed E-state index contributed by atoms with van der Waals surface area (Å²) in [5.74, 6) is 1.01. The Labute approximate surface area is 216 Å². The van der Waals surface area contributed by atoms with Crippen LogP contribution in [0.4, 0.5) is 0 Å². The third-order valence-electron chi connectivity index (χ3n) is 6.56. The highest BCUT2D eigenvalue weighted by atomic mass is 79.9. The van der Waals surface area contributed by atoms with Crippen molar-refractivity contribution in [2.75, 3.05) is 0 Å². The van der Waals surface area contributed by atoms with E-state index in [4.69, 9.17) is 4.74 Å². The van der Waals surface area contributed by atoms with E-state index in [2.05, 4.69) is 132 Å². The fraction of sp³-hybridized carbons (Fsp3) is 0.226. The number of benzene rings is 4. The van der Waals surface area contributed by atoms with Gasteiger partial charge >= 0.3 is 0 Å². The molecule has 0 unspecified atom stereocenters. The second-order valence-electron chi connectivity index (χ2n) is 9.06. The summed E-state index contributed by atoms with van der Waals surface area (Å²) in [5.41, 5.74) is 5.34. The van der Waals surface area contributed by atoms with Crippen molar-refractivity contribution in [1.82, 2.24) is 0 Å². The fourth-order valence-corrected chi connectivity index (χ4v) is 9.17. The van der Waals surface area contributed by atoms with Crippen molar-refractivity contribution in [2.45, 2.75) is 46.9 Å². The molecule has 176 valence electrons. The van der Waals surface area contributed by atoms with Crippen LogP contribution in [0.2, 0.25) is 0 Å². The second-order valence-corrected chi connectivity index (χ2v) is 12.5. The largest absolute Gasteiger partial charge is 1.00 e. The molecule has 0 N–H and O–H groups in total. The predicted molar refractivity (Wildman–Crippen MR) is 145 cm³/mol. The molecule has 0 atom stereocenters. The van der Waals surface area contributed by atoms with Gasteiger partial charge in [-0.1, -0.05) is 54.6 Å². The molecule has 4 rings (SSSR count). The molecule has 1 nitrogen and oxygen atoms in total. The van der Waals surface area contributed by atoms with Gasteiger partial charge in [0.15, 0.2) is 0 Å². The van der Waals surface area contributed by atoms with Crippen molar-refractivity contribution in [3.63, 3.8) is 0 Å². The zero-order valence-corrected chi connectivity index (χ0v) is 23.2. The van der Waals surface area contributed by atoms with E-state index >= 15 is 0 Å². The lowest BCUT2D eigenvalue weighted by Crippen LogP contribution is -3.00. The van der Waals surface area contributed by atoms with Crippen LogP contribution in [0.3, 0.4) is 0 Å². The van der Waals surface area contributed by atoms with Gasteiger partial charge in [0.25, 0.3) is 0 Å². The predicted octanol–water partition coefficient (Wildman–Crippen LogP) is 3.90. The van der Waals surface area contributed by atoms with Crippen LogP contribution in [-0.2, 0) is 6.16 Å². The molecule has 0 radical (unpaired) electrons. The Hall–Kier alpha value is -2.41. The molecule has 3 heteroatoms. The molecule has 4 aromatic carbocycles. The van der Waals surface area contributed by atoms with Crippen molar-refractivity contribution in [1.29, 1.82) is 0 Å². The van der Waals surface area contributed by atoms with E-state index in [9.17, 15) is 0 Å². The number of aryl methyl sites for hydroxylation is 1. The van der Waals surface area contributed by atoms with E-state index in [1.165, 1.54) is 38.2 Å². The summed E-state index contributed by atoms with van der Waals surface area (Å²) in [6.07, 6.45) is 1.16. The summed E-state index contributed by atoms with van der Waals surface area (Å²) in [6.45, 7) is 10.9. The van der Waals surface area contributed by atoms with Gasteiger partial charge in [-0.2, -0.15) is 0 Å². The fourth-order valence-electron chi connectivity index (χ4n) is 4.72. The van der Waals surface area contributed by atoms with Crippen LogP contribution >= 0.6 is 7.26 Å². The molecular weight excluding hydrogens is 499 g/mol. The quantitative estimate of drug-likeness (QED) is 0.328. The summed E-state index contributed by atoms with van der Waals surface area (Å²) >= 11 is 0. The third kappa shape index (κ3) is 5.14. The Morgan fingerprint density at radius 3 is 1.44 bits per heavy atom. The highest BCUT2D eigenvalue weighted by molar-refractivity contribution is 7.95. The minimum atomic E-state index is -1.93. The molecule has 0 saturated carbocycles. The zero-order valence-electron chi connectivity index (χ0n) is 20.8. The molecule has 0 aromatic heterocycles. The van der Waals surface area contributed by atoms with Crippen molar-refractivity contribution in [3.05, 3.63) is 119 Å². The highest BCUT2D eigenvalue weighted by Crippen LogP contribution is 2.59. The Morgan fingerprint density at radius 1 is 0.647 bits per heavy atom. The standard InChI is InChI=1S/C31H34OP.BrH/c1-23(2)32-31-21-24(3)30(25(4)26(31)5)22-33(27-15-9-6-10-16-27,28-17-11-7-12-18-28)29-19-13-8-14-20-29;/h6-21,23H,22H2,1-5H3;1H/q+1;/p-1. The summed E-state index contributed by atoms with van der Waals surface area (Å²) < 4.78 is 6.15. The van der Waals surface area contributed by atoms with Crippen molar-refractivity contribution in [2.24, 2.45) is 0 Å². The van der Waals surface area contributed by atoms with Gasteiger partial charge in [0.05, 0.1) is 12.3 Å². The molecule has 0 fully saturated rings. The van der Waals surface area contributed by atoms with Crippen LogP contribution in [0.15, 0.2) is 97.1 Å². The number of ether oxygens (including phenoxy) is 1. The van der Waals surface area contributed by atoms with Crippen LogP contribution in [0.1, 0.15) is 36.1 Å². The highest BCUT2D eigenvalue weighted by Gasteiger charge is 2.46. The Kier molecular flexibility index (Phi) is 8.74. The molecule has 0 aliphatic heterocycles. The maximum Gasteiger partial charge on any atom is 0.123 e. The van der Waals surface area contributed by atoms with Crippen molar-refractivity contribution < 1.29 is 21.7 Å².